The zero-order valence-corrected chi connectivity index (χ0v) is 10.6. The van der Waals surface area contributed by atoms with E-state index in [9.17, 15) is 4.79 Å². The van der Waals surface area contributed by atoms with Gasteiger partial charge in [0.1, 0.15) is 11.8 Å². The Hall–Kier alpha value is -1.55. The summed E-state index contributed by atoms with van der Waals surface area (Å²) in [5, 5.41) is 12.1. The predicted molar refractivity (Wildman–Crippen MR) is 68.8 cm³/mol. The van der Waals surface area contributed by atoms with Gasteiger partial charge in [0.2, 0.25) is 0 Å². The summed E-state index contributed by atoms with van der Waals surface area (Å²) >= 11 is 0. The quantitative estimate of drug-likeness (QED) is 0.809. The lowest BCUT2D eigenvalue weighted by atomic mass is 10.1. The molecule has 1 heterocycles. The molecule has 1 aromatic carbocycles. The maximum absolute atomic E-state index is 11.0. The Labute approximate surface area is 107 Å². The monoisotopic (exact) mass is 249 g/mol. The van der Waals surface area contributed by atoms with Crippen molar-refractivity contribution < 1.29 is 14.6 Å². The van der Waals surface area contributed by atoms with Gasteiger partial charge in [-0.1, -0.05) is 25.5 Å². The topological polar surface area (TPSA) is 58.6 Å². The molecule has 2 rings (SSSR count). The van der Waals surface area contributed by atoms with Crippen LogP contribution in [0.5, 0.6) is 5.75 Å². The smallest absolute Gasteiger partial charge is 0.320 e. The first kappa shape index (κ1) is 12.9. The van der Waals surface area contributed by atoms with E-state index >= 15 is 0 Å². The summed E-state index contributed by atoms with van der Waals surface area (Å²) in [6.45, 7) is 3.33. The number of hydrogen-bond donors (Lipinski definition) is 2. The lowest BCUT2D eigenvalue weighted by molar-refractivity contribution is -0.139. The Morgan fingerprint density at radius 3 is 3.11 bits per heavy atom. The van der Waals surface area contributed by atoms with Crippen molar-refractivity contribution >= 4 is 5.97 Å². The van der Waals surface area contributed by atoms with Crippen LogP contribution < -0.4 is 10.1 Å². The maximum Gasteiger partial charge on any atom is 0.320 e. The van der Waals surface area contributed by atoms with Crippen LogP contribution in [0.4, 0.5) is 0 Å². The Balaban J connectivity index is 1.95. The molecule has 0 spiro atoms. The van der Waals surface area contributed by atoms with Gasteiger partial charge in [0.15, 0.2) is 0 Å². The minimum atomic E-state index is -0.777. The van der Waals surface area contributed by atoms with E-state index in [0.717, 1.165) is 30.8 Å². The van der Waals surface area contributed by atoms with E-state index in [1.165, 1.54) is 5.56 Å². The molecule has 1 atom stereocenters. The fraction of sp³-hybridized carbons (Fsp3) is 0.500. The second kappa shape index (κ2) is 5.87. The first-order valence-electron chi connectivity index (χ1n) is 6.41. The molecular weight excluding hydrogens is 230 g/mol. The molecule has 2 N–H and O–H groups in total. The lowest BCUT2D eigenvalue weighted by Gasteiger charge is -2.13. The molecule has 0 saturated carbocycles. The highest BCUT2D eigenvalue weighted by Crippen LogP contribution is 2.25. The van der Waals surface area contributed by atoms with Crippen LogP contribution in [0.25, 0.3) is 0 Å². The average Bonchev–Trinajstić information content (AvgIpc) is 2.81. The van der Waals surface area contributed by atoms with Crippen LogP contribution >= 0.6 is 0 Å². The molecule has 1 aliphatic rings. The highest BCUT2D eigenvalue weighted by atomic mass is 16.5. The predicted octanol–water partition coefficient (Wildman–Crippen LogP) is 1.96. The molecule has 4 heteroatoms. The molecule has 0 amide bonds. The molecule has 18 heavy (non-hydrogen) atoms. The molecule has 0 aliphatic carbocycles. The zero-order valence-electron chi connectivity index (χ0n) is 10.6. The van der Waals surface area contributed by atoms with Crippen molar-refractivity contribution in [3.63, 3.8) is 0 Å². The first-order valence-corrected chi connectivity index (χ1v) is 6.41. The number of fused-ring (bicyclic) bond motifs is 1. The number of benzene rings is 1. The van der Waals surface area contributed by atoms with Crippen LogP contribution in [0.15, 0.2) is 18.2 Å². The molecule has 0 saturated heterocycles. The highest BCUT2D eigenvalue weighted by molar-refractivity contribution is 5.73. The summed E-state index contributed by atoms with van der Waals surface area (Å²) in [5.74, 6) is 0.184. The molecule has 0 bridgehead atoms. The molecule has 4 nitrogen and oxygen atoms in total. The Morgan fingerprint density at radius 2 is 2.39 bits per heavy atom. The second-order valence-corrected chi connectivity index (χ2v) is 4.60. The van der Waals surface area contributed by atoms with Crippen molar-refractivity contribution in [2.24, 2.45) is 0 Å². The number of carboxylic acid groups (broad SMARTS) is 1. The number of ether oxygens (including phenoxy) is 1. The third-order valence-electron chi connectivity index (χ3n) is 3.18. The van der Waals surface area contributed by atoms with Gasteiger partial charge >= 0.3 is 5.97 Å². The summed E-state index contributed by atoms with van der Waals surface area (Å²) in [6, 6.07) is 5.59. The number of nitrogens with one attached hydrogen (secondary N) is 1. The van der Waals surface area contributed by atoms with Crippen LogP contribution in [-0.2, 0) is 17.8 Å². The van der Waals surface area contributed by atoms with Gasteiger partial charge in [0.05, 0.1) is 6.61 Å². The first-order chi connectivity index (χ1) is 8.70. The fourth-order valence-corrected chi connectivity index (χ4v) is 2.19. The number of carbonyl (C=O) groups is 1. The molecule has 98 valence electrons. The van der Waals surface area contributed by atoms with Crippen LogP contribution in [-0.4, -0.2) is 23.7 Å². The standard InChI is InChI=1S/C14H19NO3/c1-2-3-12(14(16)17)15-9-10-4-5-13-11(8-10)6-7-18-13/h4-5,8,12,15H,2-3,6-7,9H2,1H3,(H,16,17). The van der Waals surface area contributed by atoms with Crippen LogP contribution in [0.3, 0.4) is 0 Å². The summed E-state index contributed by atoms with van der Waals surface area (Å²) in [7, 11) is 0. The van der Waals surface area contributed by atoms with Crippen molar-refractivity contribution in [3.8, 4) is 5.75 Å². The summed E-state index contributed by atoms with van der Waals surface area (Å²) < 4.78 is 5.44. The van der Waals surface area contributed by atoms with Gasteiger partial charge in [-0.3, -0.25) is 4.79 Å². The second-order valence-electron chi connectivity index (χ2n) is 4.60. The lowest BCUT2D eigenvalue weighted by Crippen LogP contribution is -2.35. The SMILES string of the molecule is CCCC(NCc1ccc2c(c1)CCO2)C(=O)O. The van der Waals surface area contributed by atoms with Crippen LogP contribution in [0, 0.1) is 0 Å². The third-order valence-corrected chi connectivity index (χ3v) is 3.18. The van der Waals surface area contributed by atoms with Crippen molar-refractivity contribution in [1.29, 1.82) is 0 Å². The summed E-state index contributed by atoms with van der Waals surface area (Å²) in [5.41, 5.74) is 2.33. The van der Waals surface area contributed by atoms with E-state index in [1.54, 1.807) is 0 Å². The highest BCUT2D eigenvalue weighted by Gasteiger charge is 2.16. The third kappa shape index (κ3) is 3.01. The molecular formula is C14H19NO3. The molecule has 0 fully saturated rings. The minimum absolute atomic E-state index is 0.459. The molecule has 1 aliphatic heterocycles. The number of rotatable bonds is 6. The zero-order chi connectivity index (χ0) is 13.0. The van der Waals surface area contributed by atoms with Gasteiger partial charge in [-0.05, 0) is 23.6 Å². The number of hydrogen-bond acceptors (Lipinski definition) is 3. The van der Waals surface area contributed by atoms with Crippen molar-refractivity contribution in [1.82, 2.24) is 5.32 Å². The van der Waals surface area contributed by atoms with Gasteiger partial charge in [-0.15, -0.1) is 0 Å². The summed E-state index contributed by atoms with van der Waals surface area (Å²) in [4.78, 5) is 11.0. The van der Waals surface area contributed by atoms with E-state index in [2.05, 4.69) is 11.4 Å². The van der Waals surface area contributed by atoms with E-state index in [0.29, 0.717) is 13.0 Å². The molecule has 1 unspecified atom stereocenters. The van der Waals surface area contributed by atoms with Gasteiger partial charge in [0, 0.05) is 13.0 Å². The van der Waals surface area contributed by atoms with Gasteiger partial charge in [-0.25, -0.2) is 0 Å². The van der Waals surface area contributed by atoms with Crippen molar-refractivity contribution in [2.75, 3.05) is 6.61 Å². The largest absolute Gasteiger partial charge is 0.493 e. The van der Waals surface area contributed by atoms with E-state index in [4.69, 9.17) is 9.84 Å². The number of aliphatic carboxylic acids is 1. The number of carboxylic acids is 1. The molecule has 0 radical (unpaired) electrons. The van der Waals surface area contributed by atoms with Gasteiger partial charge < -0.3 is 15.2 Å². The molecule has 0 aromatic heterocycles. The Morgan fingerprint density at radius 1 is 1.56 bits per heavy atom. The normalized spacial score (nSPS) is 14.9. The van der Waals surface area contributed by atoms with Crippen LogP contribution in [0.1, 0.15) is 30.9 Å². The van der Waals surface area contributed by atoms with E-state index in [1.807, 2.05) is 19.1 Å². The minimum Gasteiger partial charge on any atom is -0.493 e. The van der Waals surface area contributed by atoms with E-state index < -0.39 is 12.0 Å². The fourth-order valence-electron chi connectivity index (χ4n) is 2.19. The van der Waals surface area contributed by atoms with E-state index in [-0.39, 0.29) is 0 Å². The van der Waals surface area contributed by atoms with Crippen molar-refractivity contribution in [2.45, 2.75) is 38.8 Å². The molecule has 1 aromatic rings. The van der Waals surface area contributed by atoms with Gasteiger partial charge in [0.25, 0.3) is 0 Å². The average molecular weight is 249 g/mol. The van der Waals surface area contributed by atoms with Gasteiger partial charge in [-0.2, -0.15) is 0 Å². The summed E-state index contributed by atoms with van der Waals surface area (Å²) in [6.07, 6.45) is 2.46. The van der Waals surface area contributed by atoms with Crippen LogP contribution in [0.2, 0.25) is 0 Å². The Kier molecular flexibility index (Phi) is 4.20. The van der Waals surface area contributed by atoms with Crippen molar-refractivity contribution in [3.05, 3.63) is 29.3 Å². The Bertz CT molecular complexity index is 431. The maximum atomic E-state index is 11.0.